The standard InChI is InChI=1S/C11H15NO3/c1-12(2)5-6-15-10-3-4-11(14)9(7-10)8-13/h3-4,7-8,14H,5-6H2,1-2H3. The van der Waals surface area contributed by atoms with E-state index in [1.807, 2.05) is 19.0 Å². The summed E-state index contributed by atoms with van der Waals surface area (Å²) in [6.45, 7) is 1.35. The normalized spacial score (nSPS) is 10.3. The number of aromatic hydroxyl groups is 1. The summed E-state index contributed by atoms with van der Waals surface area (Å²) in [4.78, 5) is 12.5. The van der Waals surface area contributed by atoms with Crippen LogP contribution in [0.5, 0.6) is 11.5 Å². The van der Waals surface area contributed by atoms with Crippen LogP contribution in [-0.2, 0) is 0 Å². The molecule has 0 atom stereocenters. The zero-order valence-electron chi connectivity index (χ0n) is 8.93. The molecule has 0 unspecified atom stereocenters. The predicted molar refractivity (Wildman–Crippen MR) is 57.5 cm³/mol. The van der Waals surface area contributed by atoms with E-state index in [2.05, 4.69) is 0 Å². The molecule has 0 aliphatic carbocycles. The molecule has 0 spiro atoms. The van der Waals surface area contributed by atoms with Crippen LogP contribution >= 0.6 is 0 Å². The number of nitrogens with zero attached hydrogens (tertiary/aromatic N) is 1. The van der Waals surface area contributed by atoms with Gasteiger partial charge < -0.3 is 14.7 Å². The first-order valence-corrected chi connectivity index (χ1v) is 4.69. The Labute approximate surface area is 89.1 Å². The van der Waals surface area contributed by atoms with Crippen molar-refractivity contribution in [1.29, 1.82) is 0 Å². The zero-order valence-corrected chi connectivity index (χ0v) is 8.93. The van der Waals surface area contributed by atoms with E-state index in [9.17, 15) is 9.90 Å². The van der Waals surface area contributed by atoms with Gasteiger partial charge in [0.15, 0.2) is 6.29 Å². The second-order valence-corrected chi connectivity index (χ2v) is 3.49. The third-order valence-corrected chi connectivity index (χ3v) is 1.93. The number of ether oxygens (including phenoxy) is 1. The Kier molecular flexibility index (Phi) is 4.12. The van der Waals surface area contributed by atoms with E-state index in [-0.39, 0.29) is 11.3 Å². The van der Waals surface area contributed by atoms with Crippen LogP contribution in [0, 0.1) is 0 Å². The van der Waals surface area contributed by atoms with Crippen LogP contribution in [0.15, 0.2) is 18.2 Å². The minimum absolute atomic E-state index is 0.0232. The van der Waals surface area contributed by atoms with Crippen LogP contribution < -0.4 is 4.74 Å². The van der Waals surface area contributed by atoms with E-state index in [1.54, 1.807) is 6.07 Å². The monoisotopic (exact) mass is 209 g/mol. The van der Waals surface area contributed by atoms with Crippen molar-refractivity contribution < 1.29 is 14.6 Å². The Bertz CT molecular complexity index is 337. The third-order valence-electron chi connectivity index (χ3n) is 1.93. The molecule has 1 rings (SSSR count). The molecule has 15 heavy (non-hydrogen) atoms. The quantitative estimate of drug-likeness (QED) is 0.739. The number of phenols is 1. The van der Waals surface area contributed by atoms with E-state index in [4.69, 9.17) is 4.74 Å². The summed E-state index contributed by atoms with van der Waals surface area (Å²) in [5.41, 5.74) is 0.248. The molecule has 0 radical (unpaired) electrons. The number of phenolic OH excluding ortho intramolecular Hbond substituents is 1. The molecule has 0 amide bonds. The van der Waals surface area contributed by atoms with Crippen molar-refractivity contribution >= 4 is 6.29 Å². The molecule has 1 N–H and O–H groups in total. The van der Waals surface area contributed by atoms with Crippen LogP contribution in [0.1, 0.15) is 10.4 Å². The molecule has 1 aromatic carbocycles. The highest BCUT2D eigenvalue weighted by Gasteiger charge is 2.02. The average Bonchev–Trinajstić information content (AvgIpc) is 2.20. The molecule has 4 heteroatoms. The first-order valence-electron chi connectivity index (χ1n) is 4.69. The van der Waals surface area contributed by atoms with Gasteiger partial charge in [0.25, 0.3) is 0 Å². The molecule has 0 saturated heterocycles. The van der Waals surface area contributed by atoms with Gasteiger partial charge in [-0.15, -0.1) is 0 Å². The predicted octanol–water partition coefficient (Wildman–Crippen LogP) is 1.15. The molecule has 1 aromatic rings. The number of likely N-dealkylation sites (N-methyl/N-ethyl adjacent to an activating group) is 1. The van der Waals surface area contributed by atoms with E-state index in [0.717, 1.165) is 6.54 Å². The highest BCUT2D eigenvalue weighted by atomic mass is 16.5. The number of aldehydes is 1. The Morgan fingerprint density at radius 2 is 2.20 bits per heavy atom. The first-order chi connectivity index (χ1) is 7.13. The van der Waals surface area contributed by atoms with Gasteiger partial charge in [-0.2, -0.15) is 0 Å². The van der Waals surface area contributed by atoms with Gasteiger partial charge in [0.05, 0.1) is 5.56 Å². The van der Waals surface area contributed by atoms with Gasteiger partial charge in [-0.05, 0) is 32.3 Å². The molecule has 0 saturated carbocycles. The van der Waals surface area contributed by atoms with E-state index in [1.165, 1.54) is 12.1 Å². The Hall–Kier alpha value is -1.55. The lowest BCUT2D eigenvalue weighted by molar-refractivity contribution is 0.112. The Morgan fingerprint density at radius 1 is 1.47 bits per heavy atom. The molecular weight excluding hydrogens is 194 g/mol. The van der Waals surface area contributed by atoms with E-state index >= 15 is 0 Å². The highest BCUT2D eigenvalue weighted by molar-refractivity contribution is 5.79. The van der Waals surface area contributed by atoms with Gasteiger partial charge in [0, 0.05) is 6.54 Å². The van der Waals surface area contributed by atoms with Crippen LogP contribution in [0.3, 0.4) is 0 Å². The Balaban J connectivity index is 2.58. The molecule has 0 fully saturated rings. The largest absolute Gasteiger partial charge is 0.507 e. The van der Waals surface area contributed by atoms with Crippen LogP contribution in [0.2, 0.25) is 0 Å². The maximum absolute atomic E-state index is 10.5. The summed E-state index contributed by atoms with van der Waals surface area (Å²) in [5.74, 6) is 0.571. The molecule has 0 bridgehead atoms. The summed E-state index contributed by atoms with van der Waals surface area (Å²) < 4.78 is 5.40. The second-order valence-electron chi connectivity index (χ2n) is 3.49. The van der Waals surface area contributed by atoms with Crippen LogP contribution in [0.4, 0.5) is 0 Å². The van der Waals surface area contributed by atoms with Crippen molar-refractivity contribution in [3.63, 3.8) is 0 Å². The van der Waals surface area contributed by atoms with Crippen molar-refractivity contribution in [1.82, 2.24) is 4.90 Å². The summed E-state index contributed by atoms with van der Waals surface area (Å²) in [5, 5.41) is 9.25. The molecule has 4 nitrogen and oxygen atoms in total. The second kappa shape index (κ2) is 5.36. The highest BCUT2D eigenvalue weighted by Crippen LogP contribution is 2.21. The molecule has 0 aliphatic heterocycles. The smallest absolute Gasteiger partial charge is 0.153 e. The topological polar surface area (TPSA) is 49.8 Å². The fourth-order valence-corrected chi connectivity index (χ4v) is 1.06. The third kappa shape index (κ3) is 3.59. The molecule has 82 valence electrons. The molecular formula is C11H15NO3. The van der Waals surface area contributed by atoms with Gasteiger partial charge >= 0.3 is 0 Å². The van der Waals surface area contributed by atoms with Crippen LogP contribution in [0.25, 0.3) is 0 Å². The fraction of sp³-hybridized carbons (Fsp3) is 0.364. The maximum Gasteiger partial charge on any atom is 0.153 e. The number of hydrogen-bond donors (Lipinski definition) is 1. The van der Waals surface area contributed by atoms with Crippen molar-refractivity contribution in [3.05, 3.63) is 23.8 Å². The maximum atomic E-state index is 10.5. The summed E-state index contributed by atoms with van der Waals surface area (Å²) in [7, 11) is 3.91. The fourth-order valence-electron chi connectivity index (χ4n) is 1.06. The Morgan fingerprint density at radius 3 is 2.80 bits per heavy atom. The number of carbonyl (C=O) groups is 1. The lowest BCUT2D eigenvalue weighted by Crippen LogP contribution is -2.19. The molecule has 0 aliphatic rings. The summed E-state index contributed by atoms with van der Waals surface area (Å²) in [6.07, 6.45) is 0.605. The van der Waals surface area contributed by atoms with Crippen molar-refractivity contribution in [2.75, 3.05) is 27.2 Å². The average molecular weight is 209 g/mol. The SMILES string of the molecule is CN(C)CCOc1ccc(O)c(C=O)c1. The number of benzene rings is 1. The summed E-state index contributed by atoms with van der Waals surface area (Å²) in [6, 6.07) is 4.62. The van der Waals surface area contributed by atoms with Crippen LogP contribution in [-0.4, -0.2) is 43.5 Å². The lowest BCUT2D eigenvalue weighted by atomic mass is 10.2. The van der Waals surface area contributed by atoms with Gasteiger partial charge in [-0.25, -0.2) is 0 Å². The van der Waals surface area contributed by atoms with E-state index in [0.29, 0.717) is 18.6 Å². The lowest BCUT2D eigenvalue weighted by Gasteiger charge is -2.11. The van der Waals surface area contributed by atoms with Gasteiger partial charge in [-0.3, -0.25) is 4.79 Å². The number of rotatable bonds is 5. The van der Waals surface area contributed by atoms with Crippen molar-refractivity contribution in [2.24, 2.45) is 0 Å². The first kappa shape index (κ1) is 11.5. The molecule has 0 aromatic heterocycles. The van der Waals surface area contributed by atoms with Gasteiger partial charge in [0.1, 0.15) is 18.1 Å². The molecule has 0 heterocycles. The van der Waals surface area contributed by atoms with Gasteiger partial charge in [0.2, 0.25) is 0 Å². The minimum Gasteiger partial charge on any atom is -0.507 e. The zero-order chi connectivity index (χ0) is 11.3. The van der Waals surface area contributed by atoms with Crippen molar-refractivity contribution in [3.8, 4) is 11.5 Å². The van der Waals surface area contributed by atoms with E-state index < -0.39 is 0 Å². The van der Waals surface area contributed by atoms with Gasteiger partial charge in [-0.1, -0.05) is 0 Å². The summed E-state index contributed by atoms with van der Waals surface area (Å²) >= 11 is 0. The van der Waals surface area contributed by atoms with Crippen molar-refractivity contribution in [2.45, 2.75) is 0 Å². The minimum atomic E-state index is -0.0232. The number of hydrogen-bond acceptors (Lipinski definition) is 4. The number of carbonyl (C=O) groups excluding carboxylic acids is 1.